The predicted molar refractivity (Wildman–Crippen MR) is 79.5 cm³/mol. The van der Waals surface area contributed by atoms with E-state index >= 15 is 0 Å². The summed E-state index contributed by atoms with van der Waals surface area (Å²) in [7, 11) is 0. The molecule has 0 saturated carbocycles. The molecule has 0 aromatic carbocycles. The summed E-state index contributed by atoms with van der Waals surface area (Å²) in [5.74, 6) is -0.320. The minimum Gasteiger partial charge on any atom is -0.388 e. The van der Waals surface area contributed by atoms with Crippen LogP contribution in [-0.4, -0.2) is 33.9 Å². The third kappa shape index (κ3) is 5.76. The van der Waals surface area contributed by atoms with Crippen LogP contribution in [0.2, 0.25) is 0 Å². The first-order valence-corrected chi connectivity index (χ1v) is 6.69. The van der Waals surface area contributed by atoms with Crippen LogP contribution >= 0.6 is 12.2 Å². The van der Waals surface area contributed by atoms with E-state index < -0.39 is 0 Å². The molecule has 0 aliphatic rings. The lowest BCUT2D eigenvalue weighted by Crippen LogP contribution is -2.34. The Labute approximate surface area is 119 Å². The highest BCUT2D eigenvalue weighted by molar-refractivity contribution is 7.80. The van der Waals surface area contributed by atoms with Crippen LogP contribution < -0.4 is 11.5 Å². The normalized spacial score (nSPS) is 10.6. The molecule has 19 heavy (non-hydrogen) atoms. The molecule has 0 bridgehead atoms. The fraction of sp³-hybridized carbons (Fsp3) is 0.462. The smallest absolute Gasteiger partial charge is 0.231 e. The number of nitrogens with zero attached hydrogens (tertiary/aromatic N) is 2. The Morgan fingerprint density at radius 1 is 1.47 bits per heavy atom. The Morgan fingerprint density at radius 3 is 2.79 bits per heavy atom. The van der Waals surface area contributed by atoms with Crippen molar-refractivity contribution in [1.29, 1.82) is 0 Å². The number of pyridine rings is 1. The molecule has 6 heteroatoms. The average molecular weight is 280 g/mol. The second-order valence-corrected chi connectivity index (χ2v) is 4.88. The topological polar surface area (TPSA) is 85.2 Å². The summed E-state index contributed by atoms with van der Waals surface area (Å²) >= 11 is 4.90. The molecule has 5 nitrogen and oxygen atoms in total. The molecule has 4 N–H and O–H groups in total. The van der Waals surface area contributed by atoms with Crippen LogP contribution in [0, 0.1) is 0 Å². The third-order valence-corrected chi connectivity index (χ3v) is 2.90. The molecule has 0 aliphatic carbocycles. The zero-order chi connectivity index (χ0) is 14.3. The van der Waals surface area contributed by atoms with Gasteiger partial charge in [0.15, 0.2) is 0 Å². The highest BCUT2D eigenvalue weighted by Gasteiger charge is 2.09. The van der Waals surface area contributed by atoms with Crippen LogP contribution in [0.4, 0.5) is 0 Å². The fourth-order valence-corrected chi connectivity index (χ4v) is 1.89. The third-order valence-electron chi connectivity index (χ3n) is 2.69. The van der Waals surface area contributed by atoms with Crippen molar-refractivity contribution in [2.75, 3.05) is 13.1 Å². The maximum Gasteiger partial charge on any atom is 0.231 e. The summed E-state index contributed by atoms with van der Waals surface area (Å²) in [5.41, 5.74) is 12.4. The van der Waals surface area contributed by atoms with Crippen molar-refractivity contribution < 1.29 is 4.79 Å². The lowest BCUT2D eigenvalue weighted by Gasteiger charge is -2.20. The van der Waals surface area contributed by atoms with E-state index in [1.807, 2.05) is 17.0 Å². The Bertz CT molecular complexity index is 450. The van der Waals surface area contributed by atoms with Gasteiger partial charge in [-0.1, -0.05) is 25.6 Å². The van der Waals surface area contributed by atoms with Crippen LogP contribution in [0.25, 0.3) is 0 Å². The van der Waals surface area contributed by atoms with Crippen molar-refractivity contribution in [3.8, 4) is 0 Å². The van der Waals surface area contributed by atoms with Crippen molar-refractivity contribution in [1.82, 2.24) is 9.88 Å². The van der Waals surface area contributed by atoms with Crippen molar-refractivity contribution in [2.24, 2.45) is 11.5 Å². The standard InChI is InChI=1S/C13H20N4OS/c1-2-3-6-17(9-12(14)18)8-10-4-5-16-11(7-10)13(15)19/h4-5,7H,2-3,6,8-9H2,1H3,(H2,14,18)(H2,15,19). The number of carbonyl (C=O) groups is 1. The Morgan fingerprint density at radius 2 is 2.21 bits per heavy atom. The molecule has 1 aromatic rings. The Balaban J connectivity index is 2.74. The van der Waals surface area contributed by atoms with E-state index in [2.05, 4.69) is 11.9 Å². The lowest BCUT2D eigenvalue weighted by molar-refractivity contribution is -0.119. The van der Waals surface area contributed by atoms with Gasteiger partial charge in [0.05, 0.1) is 12.2 Å². The molecule has 0 radical (unpaired) electrons. The summed E-state index contributed by atoms with van der Waals surface area (Å²) < 4.78 is 0. The summed E-state index contributed by atoms with van der Waals surface area (Å²) in [6, 6.07) is 3.74. The van der Waals surface area contributed by atoms with E-state index in [1.54, 1.807) is 6.20 Å². The Kier molecular flexibility index (Phi) is 6.38. The summed E-state index contributed by atoms with van der Waals surface area (Å²) in [6.07, 6.45) is 3.77. The number of carbonyl (C=O) groups excluding carboxylic acids is 1. The fourth-order valence-electron chi connectivity index (χ4n) is 1.78. The van der Waals surface area contributed by atoms with Crippen LogP contribution in [0.3, 0.4) is 0 Å². The van der Waals surface area contributed by atoms with E-state index in [0.29, 0.717) is 12.2 Å². The van der Waals surface area contributed by atoms with Gasteiger partial charge in [-0.25, -0.2) is 0 Å². The van der Waals surface area contributed by atoms with Gasteiger partial charge >= 0.3 is 0 Å². The molecule has 0 atom stereocenters. The monoisotopic (exact) mass is 280 g/mol. The van der Waals surface area contributed by atoms with Gasteiger partial charge in [-0.2, -0.15) is 0 Å². The van der Waals surface area contributed by atoms with Crippen LogP contribution in [0.15, 0.2) is 18.3 Å². The van der Waals surface area contributed by atoms with Crippen molar-refractivity contribution >= 4 is 23.1 Å². The van der Waals surface area contributed by atoms with Gasteiger partial charge in [0.25, 0.3) is 0 Å². The average Bonchev–Trinajstić information content (AvgIpc) is 2.35. The molecular weight excluding hydrogens is 260 g/mol. The van der Waals surface area contributed by atoms with Crippen molar-refractivity contribution in [3.05, 3.63) is 29.6 Å². The van der Waals surface area contributed by atoms with Crippen LogP contribution in [0.1, 0.15) is 31.0 Å². The van der Waals surface area contributed by atoms with Gasteiger partial charge in [0.1, 0.15) is 4.99 Å². The maximum atomic E-state index is 11.1. The Hall–Kier alpha value is -1.53. The molecular formula is C13H20N4OS. The molecule has 1 amide bonds. The predicted octanol–water partition coefficient (Wildman–Crippen LogP) is 0.803. The molecule has 0 unspecified atom stereocenters. The molecule has 0 spiro atoms. The molecule has 0 aliphatic heterocycles. The number of rotatable bonds is 8. The number of thiocarbonyl (C=S) groups is 1. The molecule has 0 fully saturated rings. The van der Waals surface area contributed by atoms with E-state index in [-0.39, 0.29) is 17.4 Å². The molecule has 0 saturated heterocycles. The summed E-state index contributed by atoms with van der Waals surface area (Å²) in [6.45, 7) is 3.84. The molecule has 104 valence electrons. The minimum absolute atomic E-state index is 0.255. The van der Waals surface area contributed by atoms with Crippen molar-refractivity contribution in [2.45, 2.75) is 26.3 Å². The van der Waals surface area contributed by atoms with Gasteiger partial charge in [-0.05, 0) is 30.7 Å². The van der Waals surface area contributed by atoms with Gasteiger partial charge in [-0.3, -0.25) is 14.7 Å². The number of amides is 1. The first-order valence-electron chi connectivity index (χ1n) is 6.28. The van der Waals surface area contributed by atoms with Gasteiger partial charge in [0, 0.05) is 12.7 Å². The maximum absolute atomic E-state index is 11.1. The van der Waals surface area contributed by atoms with Crippen LogP contribution in [0.5, 0.6) is 0 Å². The summed E-state index contributed by atoms with van der Waals surface area (Å²) in [5, 5.41) is 0. The number of hydrogen-bond acceptors (Lipinski definition) is 4. The minimum atomic E-state index is -0.320. The van der Waals surface area contributed by atoms with Crippen LogP contribution in [-0.2, 0) is 11.3 Å². The van der Waals surface area contributed by atoms with E-state index in [1.165, 1.54) is 0 Å². The number of nitrogens with two attached hydrogens (primary N) is 2. The lowest BCUT2D eigenvalue weighted by atomic mass is 10.2. The number of unbranched alkanes of at least 4 members (excludes halogenated alkanes) is 1. The first-order chi connectivity index (χ1) is 9.02. The number of aromatic nitrogens is 1. The highest BCUT2D eigenvalue weighted by atomic mass is 32.1. The summed E-state index contributed by atoms with van der Waals surface area (Å²) in [4.78, 5) is 17.5. The number of hydrogen-bond donors (Lipinski definition) is 2. The SMILES string of the molecule is CCCCN(CC(N)=O)Cc1ccnc(C(N)=S)c1. The van der Waals surface area contributed by atoms with Gasteiger partial charge in [-0.15, -0.1) is 0 Å². The zero-order valence-electron chi connectivity index (χ0n) is 11.1. The van der Waals surface area contributed by atoms with E-state index in [4.69, 9.17) is 23.7 Å². The highest BCUT2D eigenvalue weighted by Crippen LogP contribution is 2.07. The van der Waals surface area contributed by atoms with E-state index in [9.17, 15) is 4.79 Å². The molecule has 1 rings (SSSR count). The quantitative estimate of drug-likeness (QED) is 0.688. The number of primary amides is 1. The second-order valence-electron chi connectivity index (χ2n) is 4.44. The molecule has 1 aromatic heterocycles. The van der Waals surface area contributed by atoms with Gasteiger partial charge in [0.2, 0.25) is 5.91 Å². The molecule has 1 heterocycles. The second kappa shape index (κ2) is 7.81. The first kappa shape index (κ1) is 15.5. The van der Waals surface area contributed by atoms with Crippen molar-refractivity contribution in [3.63, 3.8) is 0 Å². The largest absolute Gasteiger partial charge is 0.388 e. The van der Waals surface area contributed by atoms with E-state index in [0.717, 1.165) is 24.9 Å². The zero-order valence-corrected chi connectivity index (χ0v) is 11.9. The van der Waals surface area contributed by atoms with Gasteiger partial charge < -0.3 is 11.5 Å².